The quantitative estimate of drug-likeness (QED) is 0.115. The Bertz CT molecular complexity index is 1900. The van der Waals surface area contributed by atoms with Gasteiger partial charge in [0, 0.05) is 17.8 Å². The lowest BCUT2D eigenvalue weighted by atomic mass is 9.78. The number of carbonyl (C=O) groups is 3. The number of carbonyl (C=O) groups excluding carboxylic acids is 3. The fourth-order valence-corrected chi connectivity index (χ4v) is 6.72. The Balaban J connectivity index is 0.000000757. The number of amides is 2. The number of nitrogens with one attached hydrogen (secondary N) is 1. The van der Waals surface area contributed by atoms with Crippen LogP contribution in [0.15, 0.2) is 97.1 Å². The third-order valence-electron chi connectivity index (χ3n) is 9.87. The van der Waals surface area contributed by atoms with Gasteiger partial charge in [0.2, 0.25) is 11.8 Å². The standard InChI is InChI=1S/C39H41F2N3O4.C2HF3O2/c1-44(20-22-48-23-21-44)26-29-4-2-27(3-5-29)24-37(46)42-25-28-6-8-31(9-7-28)38-35(18-19-36(45)30-10-12-32(40)13-11-30)39(47)43(38)34-16-14-33(41)15-17-34;3-2(4,5)1(6)7/h2-17,35-36,38,45H,18-26H2,1H3;(H,6,7). The highest BCUT2D eigenvalue weighted by atomic mass is 19.4. The molecule has 3 atom stereocenters. The fraction of sp³-hybridized carbons (Fsp3) is 0.341. The minimum atomic E-state index is -5.19. The first-order valence-electron chi connectivity index (χ1n) is 17.8. The number of aliphatic carboxylic acids is 1. The molecule has 0 radical (unpaired) electrons. The van der Waals surface area contributed by atoms with Gasteiger partial charge in [0.15, 0.2) is 0 Å². The number of morpholine rings is 1. The Morgan fingerprint density at radius 1 is 0.873 bits per heavy atom. The zero-order valence-electron chi connectivity index (χ0n) is 30.1. The van der Waals surface area contributed by atoms with Crippen LogP contribution >= 0.6 is 0 Å². The molecule has 2 N–H and O–H groups in total. The molecule has 2 aliphatic heterocycles. The number of aliphatic hydroxyl groups is 1. The number of alkyl halides is 3. The number of anilines is 1. The number of quaternary nitrogens is 1. The minimum absolute atomic E-state index is 0.0640. The van der Waals surface area contributed by atoms with Crippen molar-refractivity contribution in [1.29, 1.82) is 0 Å². The lowest BCUT2D eigenvalue weighted by Gasteiger charge is -2.48. The topological polar surface area (TPSA) is 119 Å². The van der Waals surface area contributed by atoms with Gasteiger partial charge in [0.05, 0.1) is 44.7 Å². The molecule has 292 valence electrons. The van der Waals surface area contributed by atoms with Crippen molar-refractivity contribution in [2.45, 2.75) is 50.7 Å². The average Bonchev–Trinajstić information content (AvgIpc) is 3.15. The molecular weight excluding hydrogens is 725 g/mol. The smallest absolute Gasteiger partial charge is 0.430 e. The maximum atomic E-state index is 13.7. The highest BCUT2D eigenvalue weighted by Crippen LogP contribution is 2.46. The zero-order chi connectivity index (χ0) is 39.8. The molecule has 2 fully saturated rings. The van der Waals surface area contributed by atoms with E-state index in [4.69, 9.17) is 14.6 Å². The minimum Gasteiger partial charge on any atom is -0.542 e. The molecule has 55 heavy (non-hydrogen) atoms. The van der Waals surface area contributed by atoms with E-state index in [1.54, 1.807) is 29.2 Å². The third kappa shape index (κ3) is 11.2. The molecule has 0 bridgehead atoms. The van der Waals surface area contributed by atoms with Crippen molar-refractivity contribution in [3.63, 3.8) is 0 Å². The van der Waals surface area contributed by atoms with Crippen molar-refractivity contribution >= 4 is 23.5 Å². The number of carboxylic acids is 1. The second-order valence-corrected chi connectivity index (χ2v) is 14.0. The molecule has 0 saturated carbocycles. The number of ether oxygens (including phenoxy) is 1. The normalized spacial score (nSPS) is 18.4. The predicted molar refractivity (Wildman–Crippen MR) is 191 cm³/mol. The molecule has 2 heterocycles. The molecular formula is C41H42F5N3O6. The van der Waals surface area contributed by atoms with Crippen LogP contribution in [0.4, 0.5) is 27.6 Å². The number of benzene rings is 4. The summed E-state index contributed by atoms with van der Waals surface area (Å²) in [5, 5.41) is 22.5. The number of carboxylic acid groups (broad SMARTS) is 1. The first-order chi connectivity index (χ1) is 26.1. The summed E-state index contributed by atoms with van der Waals surface area (Å²) in [6.45, 7) is 4.89. The molecule has 0 spiro atoms. The number of hydrogen-bond acceptors (Lipinski definition) is 6. The number of nitrogens with zero attached hydrogens (tertiary/aromatic N) is 2. The van der Waals surface area contributed by atoms with Crippen molar-refractivity contribution in [1.82, 2.24) is 5.32 Å². The van der Waals surface area contributed by atoms with Crippen LogP contribution in [0.5, 0.6) is 0 Å². The number of β-lactam (4-membered cyclic amide) rings is 1. The van der Waals surface area contributed by atoms with E-state index < -0.39 is 18.2 Å². The molecule has 0 aliphatic carbocycles. The Labute approximate surface area is 315 Å². The van der Waals surface area contributed by atoms with Crippen LogP contribution in [0.3, 0.4) is 0 Å². The van der Waals surface area contributed by atoms with E-state index in [9.17, 15) is 36.6 Å². The van der Waals surface area contributed by atoms with E-state index in [-0.39, 0.29) is 35.4 Å². The summed E-state index contributed by atoms with van der Waals surface area (Å²) in [6, 6.07) is 27.3. The number of hydrogen-bond donors (Lipinski definition) is 2. The van der Waals surface area contributed by atoms with Gasteiger partial charge in [-0.05, 0) is 71.5 Å². The molecule has 2 aliphatic rings. The summed E-state index contributed by atoms with van der Waals surface area (Å²) in [6.07, 6.45) is -4.98. The first-order valence-corrected chi connectivity index (χ1v) is 17.8. The molecule has 4 aromatic rings. The average molecular weight is 768 g/mol. The zero-order valence-corrected chi connectivity index (χ0v) is 30.1. The van der Waals surface area contributed by atoms with Gasteiger partial charge in [-0.3, -0.25) is 9.59 Å². The molecule has 9 nitrogen and oxygen atoms in total. The highest BCUT2D eigenvalue weighted by Gasteiger charge is 2.48. The molecule has 14 heteroatoms. The van der Waals surface area contributed by atoms with Crippen molar-refractivity contribution < 1.29 is 55.8 Å². The number of likely N-dealkylation sites (N-methyl/N-ethyl adjacent to an activating group) is 1. The van der Waals surface area contributed by atoms with Gasteiger partial charge in [0.25, 0.3) is 0 Å². The Kier molecular flexibility index (Phi) is 13.4. The second kappa shape index (κ2) is 18.0. The Hall–Kier alpha value is -5.18. The lowest BCUT2D eigenvalue weighted by molar-refractivity contribution is -0.929. The highest BCUT2D eigenvalue weighted by molar-refractivity contribution is 6.03. The van der Waals surface area contributed by atoms with Crippen LogP contribution in [0.1, 0.15) is 52.8 Å². The van der Waals surface area contributed by atoms with E-state index in [1.165, 1.54) is 29.8 Å². The first kappa shape index (κ1) is 41.0. The summed E-state index contributed by atoms with van der Waals surface area (Å²) in [7, 11) is 2.26. The SMILES string of the molecule is C[N+]1(Cc2ccc(CC(=O)NCc3ccc(C4C(CCC(O)c5ccc(F)cc5)C(=O)N4c4ccc(F)cc4)cc3)cc2)CCOCC1.O=C([O-])C(F)(F)F. The van der Waals surface area contributed by atoms with Crippen molar-refractivity contribution in [3.05, 3.63) is 137 Å². The summed E-state index contributed by atoms with van der Waals surface area (Å²) in [5.41, 5.74) is 5.24. The molecule has 2 amide bonds. The van der Waals surface area contributed by atoms with Gasteiger partial charge in [0.1, 0.15) is 37.2 Å². The summed E-state index contributed by atoms with van der Waals surface area (Å²) in [4.78, 5) is 36.6. The Morgan fingerprint density at radius 3 is 1.96 bits per heavy atom. The lowest BCUT2D eigenvalue weighted by Crippen LogP contribution is -2.55. The van der Waals surface area contributed by atoms with E-state index >= 15 is 0 Å². The van der Waals surface area contributed by atoms with E-state index in [1.807, 2.05) is 36.4 Å². The summed E-state index contributed by atoms with van der Waals surface area (Å²) >= 11 is 0. The number of rotatable bonds is 12. The van der Waals surface area contributed by atoms with Crippen LogP contribution in [0, 0.1) is 17.6 Å². The van der Waals surface area contributed by atoms with Crippen LogP contribution < -0.4 is 15.3 Å². The molecule has 0 aromatic heterocycles. The molecule has 3 unspecified atom stereocenters. The second-order valence-electron chi connectivity index (χ2n) is 14.0. The predicted octanol–water partition coefficient (Wildman–Crippen LogP) is 5.32. The van der Waals surface area contributed by atoms with Gasteiger partial charge in [-0.15, -0.1) is 0 Å². The van der Waals surface area contributed by atoms with Crippen LogP contribution in [0.25, 0.3) is 0 Å². The number of aliphatic hydroxyl groups excluding tert-OH is 1. The van der Waals surface area contributed by atoms with Gasteiger partial charge in [-0.1, -0.05) is 60.7 Å². The third-order valence-corrected chi connectivity index (χ3v) is 9.87. The van der Waals surface area contributed by atoms with E-state index in [0.29, 0.717) is 37.1 Å². The van der Waals surface area contributed by atoms with E-state index in [2.05, 4.69) is 24.5 Å². The van der Waals surface area contributed by atoms with Crippen LogP contribution in [-0.4, -0.2) is 66.9 Å². The Morgan fingerprint density at radius 2 is 1.40 bits per heavy atom. The van der Waals surface area contributed by atoms with Gasteiger partial charge >= 0.3 is 6.18 Å². The van der Waals surface area contributed by atoms with Gasteiger partial charge in [-0.25, -0.2) is 8.78 Å². The molecule has 2 saturated heterocycles. The fourth-order valence-electron chi connectivity index (χ4n) is 6.72. The molecule has 6 rings (SSSR count). The van der Waals surface area contributed by atoms with E-state index in [0.717, 1.165) is 54.0 Å². The maximum Gasteiger partial charge on any atom is 0.430 e. The van der Waals surface area contributed by atoms with Crippen molar-refractivity contribution in [3.8, 4) is 0 Å². The van der Waals surface area contributed by atoms with Crippen molar-refractivity contribution in [2.24, 2.45) is 5.92 Å². The largest absolute Gasteiger partial charge is 0.542 e. The summed E-state index contributed by atoms with van der Waals surface area (Å²) in [5.74, 6) is -4.32. The van der Waals surface area contributed by atoms with Crippen molar-refractivity contribution in [2.75, 3.05) is 38.3 Å². The monoisotopic (exact) mass is 767 g/mol. The number of halogens is 5. The maximum absolute atomic E-state index is 13.7. The van der Waals surface area contributed by atoms with Gasteiger partial charge in [-0.2, -0.15) is 13.2 Å². The summed E-state index contributed by atoms with van der Waals surface area (Å²) < 4.78 is 65.0. The van der Waals surface area contributed by atoms with Crippen LogP contribution in [-0.2, 0) is 38.6 Å². The van der Waals surface area contributed by atoms with Crippen LogP contribution in [0.2, 0.25) is 0 Å². The van der Waals surface area contributed by atoms with Gasteiger partial charge < -0.3 is 34.4 Å². The molecule has 4 aromatic carbocycles.